The summed E-state index contributed by atoms with van der Waals surface area (Å²) in [5.74, 6) is 1.05. The van der Waals surface area contributed by atoms with Crippen LogP contribution in [0.15, 0.2) is 22.7 Å². The molecule has 1 aromatic rings. The van der Waals surface area contributed by atoms with E-state index >= 15 is 0 Å². The topological polar surface area (TPSA) is 21.3 Å². The Kier molecular flexibility index (Phi) is 4.40. The number of fused-ring (bicyclic) bond motifs is 1. The first-order valence-corrected chi connectivity index (χ1v) is 9.05. The number of rotatable bonds is 3. The van der Waals surface area contributed by atoms with E-state index in [1.807, 2.05) is 11.8 Å². The average Bonchev–Trinajstić information content (AvgIpc) is 2.87. The maximum Gasteiger partial charge on any atom is 0.124 e. The molecule has 1 heterocycles. The lowest BCUT2D eigenvalue weighted by molar-refractivity contribution is 0.244. The maximum atomic E-state index is 5.75. The summed E-state index contributed by atoms with van der Waals surface area (Å²) in [5, 5.41) is 4.70. The van der Waals surface area contributed by atoms with Crippen LogP contribution in [-0.2, 0) is 0 Å². The van der Waals surface area contributed by atoms with Gasteiger partial charge in [-0.05, 0) is 43.7 Å². The quantitative estimate of drug-likeness (QED) is 0.892. The van der Waals surface area contributed by atoms with E-state index in [9.17, 15) is 0 Å². The molecule has 104 valence electrons. The highest BCUT2D eigenvalue weighted by molar-refractivity contribution is 9.10. The first-order chi connectivity index (χ1) is 9.26. The summed E-state index contributed by atoms with van der Waals surface area (Å²) < 4.78 is 6.89. The van der Waals surface area contributed by atoms with Gasteiger partial charge < -0.3 is 10.1 Å². The molecule has 0 aromatic heterocycles. The van der Waals surface area contributed by atoms with E-state index in [4.69, 9.17) is 4.74 Å². The fraction of sp³-hybridized carbons (Fsp3) is 0.600. The van der Waals surface area contributed by atoms with Crippen LogP contribution < -0.4 is 10.1 Å². The van der Waals surface area contributed by atoms with Gasteiger partial charge in [0.2, 0.25) is 0 Å². The lowest BCUT2D eigenvalue weighted by atomic mass is 9.99. The Balaban J connectivity index is 1.71. The Morgan fingerprint density at radius 1 is 1.32 bits per heavy atom. The van der Waals surface area contributed by atoms with Crippen molar-refractivity contribution in [1.82, 2.24) is 5.32 Å². The van der Waals surface area contributed by atoms with Crippen molar-refractivity contribution in [3.8, 4) is 5.75 Å². The number of halogens is 1. The molecule has 3 rings (SSSR count). The van der Waals surface area contributed by atoms with Crippen LogP contribution in [0.4, 0.5) is 0 Å². The smallest absolute Gasteiger partial charge is 0.124 e. The summed E-state index contributed by atoms with van der Waals surface area (Å²) in [5.41, 5.74) is 1.31. The molecule has 1 aliphatic heterocycles. The number of nitrogens with one attached hydrogen (secondary N) is 1. The van der Waals surface area contributed by atoms with E-state index in [1.165, 1.54) is 24.8 Å². The fourth-order valence-electron chi connectivity index (χ4n) is 3.13. The van der Waals surface area contributed by atoms with Crippen LogP contribution in [0, 0.1) is 0 Å². The van der Waals surface area contributed by atoms with Crippen molar-refractivity contribution in [2.24, 2.45) is 0 Å². The Morgan fingerprint density at radius 3 is 3.00 bits per heavy atom. The van der Waals surface area contributed by atoms with Gasteiger partial charge in [0.05, 0.1) is 6.61 Å². The molecule has 0 radical (unpaired) electrons. The second-order valence-electron chi connectivity index (χ2n) is 5.41. The second kappa shape index (κ2) is 6.06. The van der Waals surface area contributed by atoms with E-state index in [2.05, 4.69) is 45.7 Å². The molecule has 0 amide bonds. The monoisotopic (exact) mass is 341 g/mol. The normalized spacial score (nSPS) is 29.9. The molecular formula is C15H20BrNOS. The molecule has 1 aromatic carbocycles. The van der Waals surface area contributed by atoms with Crippen molar-refractivity contribution in [1.29, 1.82) is 0 Å². The van der Waals surface area contributed by atoms with Crippen LogP contribution in [0.25, 0.3) is 0 Å². The minimum atomic E-state index is 0.451. The third-order valence-electron chi connectivity index (χ3n) is 4.17. The van der Waals surface area contributed by atoms with Crippen LogP contribution in [0.3, 0.4) is 0 Å². The molecule has 1 aliphatic carbocycles. The van der Waals surface area contributed by atoms with Gasteiger partial charge in [-0.15, -0.1) is 0 Å². The minimum Gasteiger partial charge on any atom is -0.493 e. The molecule has 1 N–H and O–H groups in total. The zero-order chi connectivity index (χ0) is 13.2. The van der Waals surface area contributed by atoms with Gasteiger partial charge in [0, 0.05) is 33.8 Å². The van der Waals surface area contributed by atoms with Gasteiger partial charge in [-0.2, -0.15) is 11.8 Å². The van der Waals surface area contributed by atoms with Crippen LogP contribution in [0.2, 0.25) is 0 Å². The van der Waals surface area contributed by atoms with Crippen molar-refractivity contribution in [3.63, 3.8) is 0 Å². The third kappa shape index (κ3) is 3.11. The number of thioether (sulfide) groups is 1. The number of ether oxygens (including phenoxy) is 1. The van der Waals surface area contributed by atoms with Crippen LogP contribution in [0.5, 0.6) is 5.75 Å². The van der Waals surface area contributed by atoms with E-state index in [0.717, 1.165) is 28.5 Å². The predicted octanol–water partition coefficient (Wildman–Crippen LogP) is 4.15. The average molecular weight is 342 g/mol. The number of hydrogen-bond donors (Lipinski definition) is 1. The zero-order valence-electron chi connectivity index (χ0n) is 11.2. The van der Waals surface area contributed by atoms with E-state index in [0.29, 0.717) is 12.1 Å². The van der Waals surface area contributed by atoms with Crippen molar-refractivity contribution < 1.29 is 4.74 Å². The van der Waals surface area contributed by atoms with Gasteiger partial charge in [-0.1, -0.05) is 15.9 Å². The number of benzene rings is 1. The predicted molar refractivity (Wildman–Crippen MR) is 85.1 cm³/mol. The highest BCUT2D eigenvalue weighted by Crippen LogP contribution is 2.36. The van der Waals surface area contributed by atoms with Crippen LogP contribution in [-0.4, -0.2) is 24.2 Å². The summed E-state index contributed by atoms with van der Waals surface area (Å²) >= 11 is 5.58. The van der Waals surface area contributed by atoms with E-state index in [-0.39, 0.29) is 0 Å². The highest BCUT2D eigenvalue weighted by Gasteiger charge is 2.29. The molecule has 19 heavy (non-hydrogen) atoms. The van der Waals surface area contributed by atoms with E-state index in [1.54, 1.807) is 0 Å². The Bertz CT molecular complexity index is 454. The molecule has 1 fully saturated rings. The summed E-state index contributed by atoms with van der Waals surface area (Å²) in [6.45, 7) is 0.824. The fourth-order valence-corrected chi connectivity index (χ4v) is 4.30. The van der Waals surface area contributed by atoms with Crippen molar-refractivity contribution in [3.05, 3.63) is 28.2 Å². The van der Waals surface area contributed by atoms with E-state index < -0.39 is 0 Å². The molecule has 0 spiro atoms. The van der Waals surface area contributed by atoms with Gasteiger partial charge in [-0.25, -0.2) is 0 Å². The molecule has 3 atom stereocenters. The lowest BCUT2D eigenvalue weighted by Gasteiger charge is -2.29. The van der Waals surface area contributed by atoms with Gasteiger partial charge in [0.25, 0.3) is 0 Å². The summed E-state index contributed by atoms with van der Waals surface area (Å²) in [6, 6.07) is 7.46. The van der Waals surface area contributed by atoms with Gasteiger partial charge in [0.1, 0.15) is 5.75 Å². The minimum absolute atomic E-state index is 0.451. The second-order valence-corrected chi connectivity index (χ2v) is 7.46. The molecule has 2 nitrogen and oxygen atoms in total. The van der Waals surface area contributed by atoms with Crippen molar-refractivity contribution >= 4 is 27.7 Å². The zero-order valence-corrected chi connectivity index (χ0v) is 13.6. The summed E-state index contributed by atoms with van der Waals surface area (Å²) in [7, 11) is 0. The van der Waals surface area contributed by atoms with Gasteiger partial charge in [-0.3, -0.25) is 0 Å². The Hall–Kier alpha value is -0.190. The molecular weight excluding hydrogens is 322 g/mol. The van der Waals surface area contributed by atoms with Gasteiger partial charge >= 0.3 is 0 Å². The van der Waals surface area contributed by atoms with Crippen LogP contribution in [0.1, 0.15) is 37.3 Å². The largest absolute Gasteiger partial charge is 0.493 e. The standard InChI is InChI=1S/C15H20BrNOS/c1-19-12-4-3-11(9-12)17-14-6-7-18-15-5-2-10(16)8-13(14)15/h2,5,8,11-12,14,17H,3-4,6-7,9H2,1H3. The molecule has 4 heteroatoms. The molecule has 1 saturated carbocycles. The van der Waals surface area contributed by atoms with Crippen molar-refractivity contribution in [2.75, 3.05) is 12.9 Å². The molecule has 2 aliphatic rings. The van der Waals surface area contributed by atoms with Gasteiger partial charge in [0.15, 0.2) is 0 Å². The van der Waals surface area contributed by atoms with Crippen molar-refractivity contribution in [2.45, 2.75) is 43.0 Å². The summed E-state index contributed by atoms with van der Waals surface area (Å²) in [6.07, 6.45) is 7.28. The van der Waals surface area contributed by atoms with Crippen LogP contribution >= 0.6 is 27.7 Å². The summed E-state index contributed by atoms with van der Waals surface area (Å²) in [4.78, 5) is 0. The maximum absolute atomic E-state index is 5.75. The third-order valence-corrected chi connectivity index (χ3v) is 5.75. The highest BCUT2D eigenvalue weighted by atomic mass is 79.9. The lowest BCUT2D eigenvalue weighted by Crippen LogP contribution is -2.34. The SMILES string of the molecule is CSC1CCC(NC2CCOc3ccc(Br)cc32)C1. The number of hydrogen-bond acceptors (Lipinski definition) is 3. The Labute approximate surface area is 127 Å². The molecule has 0 saturated heterocycles. The first kappa shape index (κ1) is 13.8. The molecule has 3 unspecified atom stereocenters. The first-order valence-electron chi connectivity index (χ1n) is 6.97. The molecule has 0 bridgehead atoms. The Morgan fingerprint density at radius 2 is 2.21 bits per heavy atom.